The van der Waals surface area contributed by atoms with Crippen LogP contribution in [-0.4, -0.2) is 52.2 Å². The van der Waals surface area contributed by atoms with Crippen LogP contribution in [0.2, 0.25) is 0 Å². The molecule has 8 nitrogen and oxygen atoms in total. The van der Waals surface area contributed by atoms with Crippen LogP contribution in [0.4, 0.5) is 5.95 Å². The van der Waals surface area contributed by atoms with E-state index in [4.69, 9.17) is 10.3 Å². The number of anilines is 1. The molecule has 2 N–H and O–H groups in total. The molecular formula is C19H22IN7O. The van der Waals surface area contributed by atoms with Gasteiger partial charge in [-0.3, -0.25) is 0 Å². The Labute approximate surface area is 180 Å². The van der Waals surface area contributed by atoms with Crippen LogP contribution in [0.1, 0.15) is 5.76 Å². The van der Waals surface area contributed by atoms with Crippen LogP contribution in [0.3, 0.4) is 0 Å². The molecule has 0 spiro atoms. The lowest BCUT2D eigenvalue weighted by atomic mass is 10.1. The summed E-state index contributed by atoms with van der Waals surface area (Å²) >= 11 is 0. The SMILES string of the molecule is I.NC(=NCc1cc(-c2ccccc2)no1)N1CCN(c2ncccn2)CC1. The third-order valence-corrected chi connectivity index (χ3v) is 4.46. The van der Waals surface area contributed by atoms with Gasteiger partial charge in [-0.1, -0.05) is 35.5 Å². The summed E-state index contributed by atoms with van der Waals surface area (Å²) < 4.78 is 5.38. The summed E-state index contributed by atoms with van der Waals surface area (Å²) in [5, 5.41) is 4.10. The van der Waals surface area contributed by atoms with Gasteiger partial charge in [-0.25, -0.2) is 15.0 Å². The lowest BCUT2D eigenvalue weighted by Gasteiger charge is -2.35. The van der Waals surface area contributed by atoms with Crippen molar-refractivity contribution in [2.45, 2.75) is 6.54 Å². The Balaban J connectivity index is 0.00000225. The molecule has 1 fully saturated rings. The molecule has 3 heterocycles. The number of nitrogens with zero attached hydrogens (tertiary/aromatic N) is 6. The molecule has 146 valence electrons. The van der Waals surface area contributed by atoms with Crippen LogP contribution in [0.25, 0.3) is 11.3 Å². The van der Waals surface area contributed by atoms with Crippen LogP contribution in [0.5, 0.6) is 0 Å². The van der Waals surface area contributed by atoms with E-state index < -0.39 is 0 Å². The van der Waals surface area contributed by atoms with Gasteiger partial charge in [0.15, 0.2) is 11.7 Å². The first-order valence-electron chi connectivity index (χ1n) is 8.87. The number of piperazine rings is 1. The summed E-state index contributed by atoms with van der Waals surface area (Å²) in [7, 11) is 0. The average molecular weight is 491 g/mol. The highest BCUT2D eigenvalue weighted by molar-refractivity contribution is 14.0. The van der Waals surface area contributed by atoms with E-state index in [1.54, 1.807) is 12.4 Å². The summed E-state index contributed by atoms with van der Waals surface area (Å²) in [6.45, 7) is 3.54. The molecule has 1 aromatic carbocycles. The highest BCUT2D eigenvalue weighted by Gasteiger charge is 2.20. The number of guanidine groups is 1. The van der Waals surface area contributed by atoms with E-state index in [1.165, 1.54) is 0 Å². The summed E-state index contributed by atoms with van der Waals surface area (Å²) in [6, 6.07) is 13.6. The first-order valence-corrected chi connectivity index (χ1v) is 8.87. The van der Waals surface area contributed by atoms with Gasteiger partial charge in [0.2, 0.25) is 5.95 Å². The number of halogens is 1. The van der Waals surface area contributed by atoms with E-state index in [0.29, 0.717) is 18.3 Å². The number of rotatable bonds is 4. The van der Waals surface area contributed by atoms with Crippen LogP contribution < -0.4 is 10.6 Å². The minimum Gasteiger partial charge on any atom is -0.370 e. The average Bonchev–Trinajstić information content (AvgIpc) is 3.22. The van der Waals surface area contributed by atoms with Crippen LogP contribution in [-0.2, 0) is 6.54 Å². The van der Waals surface area contributed by atoms with Gasteiger partial charge in [0.1, 0.15) is 12.2 Å². The van der Waals surface area contributed by atoms with Crippen LogP contribution in [0, 0.1) is 0 Å². The van der Waals surface area contributed by atoms with Gasteiger partial charge in [0, 0.05) is 50.2 Å². The third-order valence-electron chi connectivity index (χ3n) is 4.46. The molecule has 0 radical (unpaired) electrons. The predicted octanol–water partition coefficient (Wildman–Crippen LogP) is 2.39. The zero-order valence-corrected chi connectivity index (χ0v) is 17.6. The van der Waals surface area contributed by atoms with Gasteiger partial charge >= 0.3 is 0 Å². The van der Waals surface area contributed by atoms with Crippen LogP contribution >= 0.6 is 24.0 Å². The van der Waals surface area contributed by atoms with Gasteiger partial charge in [-0.05, 0) is 6.07 Å². The molecule has 0 atom stereocenters. The van der Waals surface area contributed by atoms with Crippen molar-refractivity contribution in [1.82, 2.24) is 20.0 Å². The first kappa shape index (κ1) is 20.1. The lowest BCUT2D eigenvalue weighted by molar-refractivity contribution is 0.371. The van der Waals surface area contributed by atoms with E-state index in [2.05, 4.69) is 29.9 Å². The van der Waals surface area contributed by atoms with E-state index >= 15 is 0 Å². The third kappa shape index (κ3) is 4.77. The Hall–Kier alpha value is -2.69. The summed E-state index contributed by atoms with van der Waals surface area (Å²) in [5.41, 5.74) is 7.98. The second-order valence-corrected chi connectivity index (χ2v) is 6.24. The Kier molecular flexibility index (Phi) is 6.80. The van der Waals surface area contributed by atoms with Gasteiger partial charge in [-0.15, -0.1) is 24.0 Å². The molecule has 28 heavy (non-hydrogen) atoms. The molecule has 0 amide bonds. The van der Waals surface area contributed by atoms with Gasteiger partial charge in [0.25, 0.3) is 0 Å². The summed E-state index contributed by atoms with van der Waals surface area (Å²) in [4.78, 5) is 17.3. The van der Waals surface area contributed by atoms with E-state index in [9.17, 15) is 0 Å². The highest BCUT2D eigenvalue weighted by atomic mass is 127. The number of aliphatic imine (C=N–C) groups is 1. The molecule has 4 rings (SSSR count). The molecule has 3 aromatic rings. The number of aromatic nitrogens is 3. The second kappa shape index (κ2) is 9.49. The molecule has 9 heteroatoms. The fourth-order valence-electron chi connectivity index (χ4n) is 2.98. The van der Waals surface area contributed by atoms with Crippen molar-refractivity contribution in [3.63, 3.8) is 0 Å². The molecule has 0 saturated carbocycles. The lowest BCUT2D eigenvalue weighted by Crippen LogP contribution is -2.51. The molecular weight excluding hydrogens is 469 g/mol. The topological polar surface area (TPSA) is 96.7 Å². The molecule has 2 aromatic heterocycles. The normalized spacial score (nSPS) is 14.6. The first-order chi connectivity index (χ1) is 13.3. The molecule has 1 saturated heterocycles. The van der Waals surface area contributed by atoms with Crippen LogP contribution in [0.15, 0.2) is 64.4 Å². The van der Waals surface area contributed by atoms with Gasteiger partial charge in [0.05, 0.1) is 0 Å². The van der Waals surface area contributed by atoms with Crippen molar-refractivity contribution in [3.05, 3.63) is 60.6 Å². The number of benzene rings is 1. The molecule has 1 aliphatic heterocycles. The highest BCUT2D eigenvalue weighted by Crippen LogP contribution is 2.19. The number of nitrogens with two attached hydrogens (primary N) is 1. The Morgan fingerprint density at radius 3 is 2.46 bits per heavy atom. The maximum Gasteiger partial charge on any atom is 0.225 e. The smallest absolute Gasteiger partial charge is 0.225 e. The van der Waals surface area contributed by atoms with Crippen molar-refractivity contribution in [1.29, 1.82) is 0 Å². The predicted molar refractivity (Wildman–Crippen MR) is 118 cm³/mol. The monoisotopic (exact) mass is 491 g/mol. The zero-order valence-electron chi connectivity index (χ0n) is 15.3. The van der Waals surface area contributed by atoms with Crippen molar-refractivity contribution < 1.29 is 4.52 Å². The van der Waals surface area contributed by atoms with E-state index in [1.807, 2.05) is 42.5 Å². The van der Waals surface area contributed by atoms with Crippen molar-refractivity contribution in [2.75, 3.05) is 31.1 Å². The van der Waals surface area contributed by atoms with Crippen molar-refractivity contribution in [2.24, 2.45) is 10.7 Å². The van der Waals surface area contributed by atoms with Crippen molar-refractivity contribution >= 4 is 35.9 Å². The number of hydrogen-bond acceptors (Lipinski definition) is 6. The Morgan fingerprint density at radius 2 is 1.75 bits per heavy atom. The summed E-state index contributed by atoms with van der Waals surface area (Å²) in [5.74, 6) is 1.96. The maximum atomic E-state index is 6.16. The van der Waals surface area contributed by atoms with Gasteiger partial charge in [-0.2, -0.15) is 0 Å². The van der Waals surface area contributed by atoms with E-state index in [0.717, 1.165) is 43.4 Å². The minimum atomic E-state index is 0. The fourth-order valence-corrected chi connectivity index (χ4v) is 2.98. The molecule has 1 aliphatic rings. The molecule has 0 bridgehead atoms. The summed E-state index contributed by atoms with van der Waals surface area (Å²) in [6.07, 6.45) is 3.51. The quantitative estimate of drug-likeness (QED) is 0.340. The second-order valence-electron chi connectivity index (χ2n) is 6.24. The fraction of sp³-hybridized carbons (Fsp3) is 0.263. The zero-order chi connectivity index (χ0) is 18.5. The molecule has 0 unspecified atom stereocenters. The Morgan fingerprint density at radius 1 is 1.04 bits per heavy atom. The van der Waals surface area contributed by atoms with E-state index in [-0.39, 0.29) is 24.0 Å². The Bertz CT molecular complexity index is 893. The maximum absolute atomic E-state index is 6.16. The largest absolute Gasteiger partial charge is 0.370 e. The van der Waals surface area contributed by atoms with Crippen molar-refractivity contribution in [3.8, 4) is 11.3 Å². The minimum absolute atomic E-state index is 0. The van der Waals surface area contributed by atoms with Gasteiger partial charge < -0.3 is 20.1 Å². The standard InChI is InChI=1S/C19H21N7O.HI/c20-18(25-9-11-26(12-10-25)19-21-7-4-8-22-19)23-14-16-13-17(24-27-16)15-5-2-1-3-6-15;/h1-8,13H,9-12,14H2,(H2,20,23);1H. The molecule has 0 aliphatic carbocycles. The number of hydrogen-bond donors (Lipinski definition) is 1.